The van der Waals surface area contributed by atoms with Crippen LogP contribution in [0.4, 0.5) is 35.7 Å². The summed E-state index contributed by atoms with van der Waals surface area (Å²) in [7, 11) is 0. The lowest BCUT2D eigenvalue weighted by Crippen LogP contribution is -2.14. The zero-order valence-electron chi connectivity index (χ0n) is 26.2. The van der Waals surface area contributed by atoms with Gasteiger partial charge >= 0.3 is 0 Å². The van der Waals surface area contributed by atoms with E-state index in [1.807, 2.05) is 0 Å². The molecule has 4 aromatic rings. The first kappa shape index (κ1) is 34.1. The predicted molar refractivity (Wildman–Crippen MR) is 180 cm³/mol. The van der Waals surface area contributed by atoms with Crippen molar-refractivity contribution in [3.8, 4) is 0 Å². The number of rotatable bonds is 20. The van der Waals surface area contributed by atoms with Gasteiger partial charge in [0.25, 0.3) is 0 Å². The van der Waals surface area contributed by atoms with Gasteiger partial charge in [0, 0.05) is 57.6 Å². The number of nitrogens with zero attached hydrogens (tertiary/aromatic N) is 12. The van der Waals surface area contributed by atoms with E-state index in [0.29, 0.717) is 98.3 Å². The summed E-state index contributed by atoms with van der Waals surface area (Å²) in [5, 5.41) is 12.9. The molecule has 19 heteroatoms. The Morgan fingerprint density at radius 3 is 1.65 bits per heavy atom. The lowest BCUT2D eigenvalue weighted by molar-refractivity contribution is 0.759. The van der Waals surface area contributed by atoms with Gasteiger partial charge in [0.15, 0.2) is 0 Å². The van der Waals surface area contributed by atoms with Gasteiger partial charge in [-0.2, -0.15) is 57.5 Å². The van der Waals surface area contributed by atoms with E-state index in [1.165, 1.54) is 6.33 Å². The Balaban J connectivity index is 1.16. The van der Waals surface area contributed by atoms with Crippen molar-refractivity contribution in [1.82, 2.24) is 59.8 Å². The lowest BCUT2D eigenvalue weighted by Gasteiger charge is -2.10. The van der Waals surface area contributed by atoms with Crippen LogP contribution in [-0.4, -0.2) is 91.7 Å². The minimum Gasteiger partial charge on any atom is -0.368 e. The second-order valence-corrected chi connectivity index (χ2v) is 10.7. The summed E-state index contributed by atoms with van der Waals surface area (Å²) in [6, 6.07) is 0. The van der Waals surface area contributed by atoms with Gasteiger partial charge in [0.05, 0.1) is 0 Å². The van der Waals surface area contributed by atoms with Crippen LogP contribution in [0.25, 0.3) is 0 Å². The molecule has 0 bridgehead atoms. The summed E-state index contributed by atoms with van der Waals surface area (Å²) in [5.41, 5.74) is 11.6. The number of hydrogen-bond donors (Lipinski definition) is 7. The van der Waals surface area contributed by atoms with Crippen LogP contribution in [0.5, 0.6) is 0 Å². The topological polar surface area (TPSA) is 255 Å². The molecule has 18 nitrogen and oxygen atoms in total. The molecule has 8 N–H and O–H groups in total. The van der Waals surface area contributed by atoms with Gasteiger partial charge in [0.2, 0.25) is 35.7 Å². The van der Waals surface area contributed by atoms with Crippen molar-refractivity contribution in [2.45, 2.75) is 65.2 Å². The molecule has 0 fully saturated rings. The number of nitrogens with two attached hydrogens (primary N) is 2. The van der Waals surface area contributed by atoms with Gasteiger partial charge in [-0.3, -0.25) is 0 Å². The minimum atomic E-state index is 0.167. The monoisotopic (exact) mass is 650 g/mol. The molecular formula is C27H42N18S. The zero-order chi connectivity index (χ0) is 32.6. The average Bonchev–Trinajstić information content (AvgIpc) is 3.02. The van der Waals surface area contributed by atoms with Gasteiger partial charge in [-0.05, 0) is 32.6 Å². The molecule has 0 amide bonds. The number of anilines is 6. The normalized spacial score (nSPS) is 10.9. The molecule has 246 valence electrons. The molecule has 0 aliphatic rings. The van der Waals surface area contributed by atoms with Crippen LogP contribution in [-0.2, 0) is 25.7 Å². The third-order valence-electron chi connectivity index (χ3n) is 6.26. The first-order valence-corrected chi connectivity index (χ1v) is 16.0. The second kappa shape index (κ2) is 18.2. The second-order valence-electron chi connectivity index (χ2n) is 10.2. The summed E-state index contributed by atoms with van der Waals surface area (Å²) in [5.74, 6) is 6.47. The van der Waals surface area contributed by atoms with Gasteiger partial charge in [-0.1, -0.05) is 6.92 Å². The van der Waals surface area contributed by atoms with Gasteiger partial charge in [-0.15, -0.1) is 0 Å². The van der Waals surface area contributed by atoms with Crippen molar-refractivity contribution >= 4 is 48.3 Å². The molecule has 0 saturated carbocycles. The third kappa shape index (κ3) is 11.9. The minimum absolute atomic E-state index is 0.167. The fraction of sp³-hybridized carbons (Fsp3) is 0.556. The standard InChI is InChI=1S/C27H42N18S/c1-3-7-19-41-26(45-27(42-19)33-14-15-46)32-12-4-8-18-34-16-35-24(40-18)30-11-6-10-21-39-23(29)44-25(43-21)31-13-5-9-20-36-17(2)37-22(28)38-20/h16,46H,3-15H2,1-2H3,(H2,28,36,37,38)(H,30,34,35,40)(H3,29,31,39,43,44)(H2,32,33,41,42,45). The number of hydrogen-bond acceptors (Lipinski definition) is 19. The molecule has 0 atom stereocenters. The highest BCUT2D eigenvalue weighted by Gasteiger charge is 2.08. The highest BCUT2D eigenvalue weighted by atomic mass is 32.1. The zero-order valence-corrected chi connectivity index (χ0v) is 27.1. The molecule has 0 saturated heterocycles. The van der Waals surface area contributed by atoms with E-state index in [9.17, 15) is 0 Å². The van der Waals surface area contributed by atoms with Crippen LogP contribution in [0.3, 0.4) is 0 Å². The van der Waals surface area contributed by atoms with Gasteiger partial charge in [0.1, 0.15) is 35.4 Å². The number of nitrogen functional groups attached to an aromatic ring is 2. The lowest BCUT2D eigenvalue weighted by atomic mass is 10.3. The van der Waals surface area contributed by atoms with E-state index >= 15 is 0 Å². The molecule has 4 heterocycles. The summed E-state index contributed by atoms with van der Waals surface area (Å²) >= 11 is 4.23. The fourth-order valence-corrected chi connectivity index (χ4v) is 4.37. The van der Waals surface area contributed by atoms with E-state index in [4.69, 9.17) is 11.5 Å². The Morgan fingerprint density at radius 2 is 1.04 bits per heavy atom. The van der Waals surface area contributed by atoms with Gasteiger partial charge < -0.3 is 32.7 Å². The van der Waals surface area contributed by atoms with Crippen LogP contribution < -0.4 is 32.7 Å². The maximum Gasteiger partial charge on any atom is 0.227 e. The molecule has 0 unspecified atom stereocenters. The average molecular weight is 651 g/mol. The highest BCUT2D eigenvalue weighted by molar-refractivity contribution is 7.80. The van der Waals surface area contributed by atoms with Crippen molar-refractivity contribution in [2.75, 3.05) is 64.7 Å². The van der Waals surface area contributed by atoms with Crippen molar-refractivity contribution in [1.29, 1.82) is 0 Å². The Bertz CT molecular complexity index is 1500. The Kier molecular flexibility index (Phi) is 13.5. The maximum absolute atomic E-state index is 5.92. The summed E-state index contributed by atoms with van der Waals surface area (Å²) in [4.78, 5) is 51.9. The maximum atomic E-state index is 5.92. The van der Waals surface area contributed by atoms with E-state index < -0.39 is 0 Å². The fourth-order valence-electron chi connectivity index (χ4n) is 4.26. The number of thiol groups is 1. The molecular weight excluding hydrogens is 608 g/mol. The molecule has 0 radical (unpaired) electrons. The predicted octanol–water partition coefficient (Wildman–Crippen LogP) is 1.33. The number of aromatic nitrogens is 12. The molecule has 0 aliphatic heterocycles. The van der Waals surface area contributed by atoms with Crippen LogP contribution in [0.15, 0.2) is 6.33 Å². The highest BCUT2D eigenvalue weighted by Crippen LogP contribution is 2.09. The molecule has 4 rings (SSSR count). The largest absolute Gasteiger partial charge is 0.368 e. The van der Waals surface area contributed by atoms with Crippen molar-refractivity contribution in [3.63, 3.8) is 0 Å². The molecule has 46 heavy (non-hydrogen) atoms. The van der Waals surface area contributed by atoms with Crippen LogP contribution in [0.2, 0.25) is 0 Å². The van der Waals surface area contributed by atoms with Crippen molar-refractivity contribution in [3.05, 3.63) is 35.4 Å². The smallest absolute Gasteiger partial charge is 0.227 e. The van der Waals surface area contributed by atoms with Crippen molar-refractivity contribution < 1.29 is 0 Å². The number of nitrogens with one attached hydrogen (secondary N) is 4. The SMILES string of the molecule is CCCc1nc(NCCS)nc(NCCCc2ncnc(NCCCc3nc(N)nc(NCCCc4nc(C)nc(N)n4)n3)n2)n1. The van der Waals surface area contributed by atoms with Crippen LogP contribution >= 0.6 is 12.6 Å². The summed E-state index contributed by atoms with van der Waals surface area (Å²) in [6.45, 7) is 6.46. The molecule has 0 aliphatic carbocycles. The van der Waals surface area contributed by atoms with E-state index in [-0.39, 0.29) is 11.9 Å². The van der Waals surface area contributed by atoms with Crippen LogP contribution in [0, 0.1) is 6.92 Å². The molecule has 0 aromatic carbocycles. The molecule has 0 spiro atoms. The first-order valence-electron chi connectivity index (χ1n) is 15.4. The molecule has 4 aromatic heterocycles. The van der Waals surface area contributed by atoms with Gasteiger partial charge in [-0.25, -0.2) is 15.0 Å². The van der Waals surface area contributed by atoms with E-state index in [1.54, 1.807) is 6.92 Å². The van der Waals surface area contributed by atoms with Crippen LogP contribution in [0.1, 0.15) is 61.7 Å². The Labute approximate surface area is 273 Å². The van der Waals surface area contributed by atoms with E-state index in [2.05, 4.69) is 101 Å². The van der Waals surface area contributed by atoms with E-state index in [0.717, 1.165) is 37.9 Å². The Morgan fingerprint density at radius 1 is 0.543 bits per heavy atom. The first-order chi connectivity index (χ1) is 22.4. The third-order valence-corrected chi connectivity index (χ3v) is 6.49. The quantitative estimate of drug-likeness (QED) is 0.0525. The summed E-state index contributed by atoms with van der Waals surface area (Å²) < 4.78 is 0. The Hall–Kier alpha value is -4.81. The summed E-state index contributed by atoms with van der Waals surface area (Å²) in [6.07, 6.45) is 7.47. The van der Waals surface area contributed by atoms with Crippen molar-refractivity contribution in [2.24, 2.45) is 0 Å². The number of aryl methyl sites for hydroxylation is 5.